The summed E-state index contributed by atoms with van der Waals surface area (Å²) in [4.78, 5) is 91.5. The smallest absolute Gasteiger partial charge is 0.328 e. The Balaban J connectivity index is 1.79. The zero-order chi connectivity index (χ0) is 36.2. The van der Waals surface area contributed by atoms with Gasteiger partial charge in [0.1, 0.15) is 24.2 Å². The van der Waals surface area contributed by atoms with Crippen LogP contribution < -0.4 is 26.6 Å². The second-order valence-corrected chi connectivity index (χ2v) is 12.9. The molecule has 49 heavy (non-hydrogen) atoms. The molecule has 1 aromatic rings. The average molecular weight is 689 g/mol. The average Bonchev–Trinajstić information content (AvgIpc) is 3.77. The van der Waals surface area contributed by atoms with E-state index in [4.69, 9.17) is 0 Å². The summed E-state index contributed by atoms with van der Waals surface area (Å²) in [7, 11) is 0. The van der Waals surface area contributed by atoms with E-state index in [1.807, 2.05) is 0 Å². The Morgan fingerprint density at radius 1 is 0.837 bits per heavy atom. The highest BCUT2D eigenvalue weighted by Gasteiger charge is 2.40. The molecule has 3 rings (SSSR count). The zero-order valence-electron chi connectivity index (χ0n) is 28.0. The SMILES string of the molecule is CC(C)[C@H](NC(=O)[C@@H]1CCCN1)C(=O)N[C@@H](CCC(=O)O)C(=O)N1CCC[C@H]1C(=O)N[C@@H](Cc1ccccc1)C(=O)N[C@H](C(=O)O)[C@@H](C)O. The Morgan fingerprint density at radius 3 is 2.10 bits per heavy atom. The fourth-order valence-electron chi connectivity index (χ4n) is 5.96. The number of carbonyl (C=O) groups is 7. The molecule has 1 aromatic carbocycles. The van der Waals surface area contributed by atoms with Gasteiger partial charge < -0.3 is 46.8 Å². The van der Waals surface area contributed by atoms with Crippen molar-refractivity contribution in [3.05, 3.63) is 35.9 Å². The second-order valence-electron chi connectivity index (χ2n) is 12.9. The van der Waals surface area contributed by atoms with Crippen molar-refractivity contribution >= 4 is 41.5 Å². The maximum Gasteiger partial charge on any atom is 0.328 e. The maximum atomic E-state index is 13.9. The topological polar surface area (TPSA) is 244 Å². The zero-order valence-corrected chi connectivity index (χ0v) is 28.0. The van der Waals surface area contributed by atoms with Crippen molar-refractivity contribution in [2.45, 2.75) is 108 Å². The standard InChI is InChI=1S/C33H48N6O10/c1-18(2)26(37-28(43)21-11-7-15-34-21)31(46)35-22(13-14-25(41)42)32(47)39-16-8-12-24(39)30(45)36-23(17-20-9-5-4-6-10-20)29(44)38-27(19(3)40)33(48)49/h4-6,9-10,18-19,21-24,26-27,34,40H,7-8,11-17H2,1-3H3,(H,35,46)(H,36,45)(H,37,43)(H,38,44)(H,41,42)(H,48,49)/t19-,21+,22+,23+,24+,26+,27+/m1/s1. The monoisotopic (exact) mass is 688 g/mol. The number of nitrogens with one attached hydrogen (secondary N) is 5. The molecule has 0 bridgehead atoms. The third-order valence-electron chi connectivity index (χ3n) is 8.69. The lowest BCUT2D eigenvalue weighted by Crippen LogP contribution is -2.60. The van der Waals surface area contributed by atoms with E-state index in [0.717, 1.165) is 6.42 Å². The van der Waals surface area contributed by atoms with E-state index in [0.29, 0.717) is 24.9 Å². The summed E-state index contributed by atoms with van der Waals surface area (Å²) in [6.07, 6.45) is -0.148. The first-order valence-corrected chi connectivity index (χ1v) is 16.6. The molecule has 8 N–H and O–H groups in total. The summed E-state index contributed by atoms with van der Waals surface area (Å²) < 4.78 is 0. The largest absolute Gasteiger partial charge is 0.481 e. The number of aliphatic hydroxyl groups excluding tert-OH is 1. The van der Waals surface area contributed by atoms with Crippen LogP contribution in [0.3, 0.4) is 0 Å². The number of aliphatic carboxylic acids is 2. The van der Waals surface area contributed by atoms with Crippen molar-refractivity contribution in [3.8, 4) is 0 Å². The third kappa shape index (κ3) is 11.2. The summed E-state index contributed by atoms with van der Waals surface area (Å²) in [5, 5.41) is 42.0. The molecule has 5 amide bonds. The molecule has 0 unspecified atom stereocenters. The van der Waals surface area contributed by atoms with E-state index in [-0.39, 0.29) is 37.6 Å². The van der Waals surface area contributed by atoms with E-state index in [1.165, 1.54) is 11.8 Å². The van der Waals surface area contributed by atoms with Crippen molar-refractivity contribution in [2.24, 2.45) is 5.92 Å². The molecule has 270 valence electrons. The summed E-state index contributed by atoms with van der Waals surface area (Å²) in [6, 6.07) is 1.86. The van der Waals surface area contributed by atoms with Crippen LogP contribution in [0.1, 0.15) is 64.9 Å². The molecule has 2 aliphatic rings. The molecule has 0 aromatic heterocycles. The van der Waals surface area contributed by atoms with Gasteiger partial charge >= 0.3 is 11.9 Å². The van der Waals surface area contributed by atoms with Gasteiger partial charge in [-0.2, -0.15) is 0 Å². The first-order valence-electron chi connectivity index (χ1n) is 16.6. The number of nitrogens with zero attached hydrogens (tertiary/aromatic N) is 1. The van der Waals surface area contributed by atoms with E-state index in [1.54, 1.807) is 44.2 Å². The van der Waals surface area contributed by atoms with Crippen LogP contribution >= 0.6 is 0 Å². The summed E-state index contributed by atoms with van der Waals surface area (Å²) >= 11 is 0. The van der Waals surface area contributed by atoms with E-state index in [9.17, 15) is 48.9 Å². The van der Waals surface area contributed by atoms with Crippen molar-refractivity contribution in [1.29, 1.82) is 0 Å². The van der Waals surface area contributed by atoms with Crippen LogP contribution in [-0.2, 0) is 40.0 Å². The molecule has 16 heteroatoms. The third-order valence-corrected chi connectivity index (χ3v) is 8.69. The minimum Gasteiger partial charge on any atom is -0.481 e. The second kappa shape index (κ2) is 18.3. The molecule has 2 aliphatic heterocycles. The summed E-state index contributed by atoms with van der Waals surface area (Å²) in [5.74, 6) is -6.31. The van der Waals surface area contributed by atoms with Gasteiger partial charge in [-0.3, -0.25) is 28.8 Å². The number of aliphatic hydroxyl groups is 1. The number of rotatable bonds is 17. The fourth-order valence-corrected chi connectivity index (χ4v) is 5.96. The molecule has 0 radical (unpaired) electrons. The normalized spacial score (nSPS) is 20.4. The van der Waals surface area contributed by atoms with Crippen LogP contribution in [0.15, 0.2) is 30.3 Å². The van der Waals surface area contributed by atoms with Gasteiger partial charge in [-0.1, -0.05) is 44.2 Å². The number of carbonyl (C=O) groups excluding carboxylic acids is 5. The summed E-state index contributed by atoms with van der Waals surface area (Å²) in [5.41, 5.74) is 0.651. The lowest BCUT2D eigenvalue weighted by atomic mass is 10.0. The number of hydrogen-bond donors (Lipinski definition) is 8. The number of hydrogen-bond acceptors (Lipinski definition) is 9. The minimum absolute atomic E-state index is 0.0266. The highest BCUT2D eigenvalue weighted by Crippen LogP contribution is 2.21. The molecule has 0 aliphatic carbocycles. The van der Waals surface area contributed by atoms with Gasteiger partial charge in [0.05, 0.1) is 12.1 Å². The van der Waals surface area contributed by atoms with Crippen molar-refractivity contribution in [2.75, 3.05) is 13.1 Å². The van der Waals surface area contributed by atoms with E-state index in [2.05, 4.69) is 26.6 Å². The van der Waals surface area contributed by atoms with Crippen molar-refractivity contribution in [3.63, 3.8) is 0 Å². The first kappa shape index (κ1) is 38.9. The number of benzene rings is 1. The van der Waals surface area contributed by atoms with Crippen LogP contribution in [-0.4, -0.2) is 117 Å². The Bertz CT molecular complexity index is 1350. The molecule has 16 nitrogen and oxygen atoms in total. The highest BCUT2D eigenvalue weighted by atomic mass is 16.4. The van der Waals surface area contributed by atoms with Gasteiger partial charge in [0.2, 0.25) is 29.5 Å². The number of carboxylic acid groups (broad SMARTS) is 2. The molecule has 0 saturated carbocycles. The Hall–Kier alpha value is -4.57. The fraction of sp³-hybridized carbons (Fsp3) is 0.606. The lowest BCUT2D eigenvalue weighted by molar-refractivity contribution is -0.146. The quantitative estimate of drug-likeness (QED) is 0.0976. The van der Waals surface area contributed by atoms with Gasteiger partial charge in [0, 0.05) is 19.4 Å². The Morgan fingerprint density at radius 2 is 1.53 bits per heavy atom. The molecule has 0 spiro atoms. The van der Waals surface area contributed by atoms with Gasteiger partial charge in [-0.25, -0.2) is 4.79 Å². The predicted molar refractivity (Wildman–Crippen MR) is 175 cm³/mol. The van der Waals surface area contributed by atoms with Crippen LogP contribution in [0.25, 0.3) is 0 Å². The lowest BCUT2D eigenvalue weighted by Gasteiger charge is -2.31. The van der Waals surface area contributed by atoms with E-state index < -0.39 is 84.3 Å². The highest BCUT2D eigenvalue weighted by molar-refractivity contribution is 5.97. The molecule has 2 saturated heterocycles. The van der Waals surface area contributed by atoms with Gasteiger partial charge in [0.15, 0.2) is 6.04 Å². The van der Waals surface area contributed by atoms with Crippen LogP contribution in [0.4, 0.5) is 0 Å². The van der Waals surface area contributed by atoms with E-state index >= 15 is 0 Å². The number of likely N-dealkylation sites (tertiary alicyclic amines) is 1. The van der Waals surface area contributed by atoms with Crippen LogP contribution in [0, 0.1) is 5.92 Å². The molecule has 7 atom stereocenters. The summed E-state index contributed by atoms with van der Waals surface area (Å²) in [6.45, 7) is 5.45. The molecule has 2 heterocycles. The first-order chi connectivity index (χ1) is 23.2. The maximum absolute atomic E-state index is 13.9. The van der Waals surface area contributed by atoms with Gasteiger partial charge in [0.25, 0.3) is 0 Å². The molecule has 2 fully saturated rings. The molecular weight excluding hydrogens is 640 g/mol. The van der Waals surface area contributed by atoms with Crippen molar-refractivity contribution < 1.29 is 48.9 Å². The number of amides is 5. The van der Waals surface area contributed by atoms with Crippen LogP contribution in [0.2, 0.25) is 0 Å². The van der Waals surface area contributed by atoms with Gasteiger partial charge in [-0.05, 0) is 57.1 Å². The van der Waals surface area contributed by atoms with Crippen molar-refractivity contribution in [1.82, 2.24) is 31.5 Å². The Kier molecular flexibility index (Phi) is 14.5. The number of carboxylic acids is 2. The predicted octanol–water partition coefficient (Wildman–Crippen LogP) is -1.10. The Labute approximate surface area is 284 Å². The van der Waals surface area contributed by atoms with Crippen LogP contribution in [0.5, 0.6) is 0 Å². The van der Waals surface area contributed by atoms with Gasteiger partial charge in [-0.15, -0.1) is 0 Å². The molecular formula is C33H48N6O10. The minimum atomic E-state index is -1.64.